The third-order valence-corrected chi connectivity index (χ3v) is 3.82. The zero-order valence-electron chi connectivity index (χ0n) is 13.4. The third-order valence-electron chi connectivity index (χ3n) is 3.82. The fourth-order valence-electron chi connectivity index (χ4n) is 2.76. The van der Waals surface area contributed by atoms with E-state index in [1.807, 2.05) is 37.3 Å². The summed E-state index contributed by atoms with van der Waals surface area (Å²) < 4.78 is 0. The first-order valence-electron chi connectivity index (χ1n) is 7.83. The van der Waals surface area contributed by atoms with E-state index in [0.29, 0.717) is 6.54 Å². The molecule has 122 valence electrons. The second-order valence-electron chi connectivity index (χ2n) is 5.61. The van der Waals surface area contributed by atoms with Crippen molar-refractivity contribution in [2.24, 2.45) is 5.73 Å². The van der Waals surface area contributed by atoms with E-state index in [0.717, 1.165) is 30.6 Å². The van der Waals surface area contributed by atoms with Crippen molar-refractivity contribution >= 4 is 17.5 Å². The minimum absolute atomic E-state index is 0.170. The number of allylic oxidation sites excluding steroid dienone is 3. The van der Waals surface area contributed by atoms with E-state index >= 15 is 0 Å². The van der Waals surface area contributed by atoms with Crippen LogP contribution in [-0.4, -0.2) is 29.3 Å². The summed E-state index contributed by atoms with van der Waals surface area (Å²) >= 11 is 0. The molecule has 1 aliphatic rings. The first-order chi connectivity index (χ1) is 11.1. The highest BCUT2D eigenvalue weighted by Gasteiger charge is 2.28. The number of primary amides is 1. The number of hydrogen-bond acceptors (Lipinski definition) is 3. The van der Waals surface area contributed by atoms with E-state index in [1.165, 1.54) is 6.08 Å². The lowest BCUT2D eigenvalue weighted by atomic mass is 10.1. The Hall–Kier alpha value is -2.40. The Bertz CT molecular complexity index is 622. The van der Waals surface area contributed by atoms with Crippen molar-refractivity contribution in [3.8, 4) is 0 Å². The highest BCUT2D eigenvalue weighted by Crippen LogP contribution is 2.21. The Kier molecular flexibility index (Phi) is 6.11. The number of amides is 2. The zero-order chi connectivity index (χ0) is 16.7. The molecule has 23 heavy (non-hydrogen) atoms. The van der Waals surface area contributed by atoms with Gasteiger partial charge in [-0.05, 0) is 44.0 Å². The maximum Gasteiger partial charge on any atom is 0.248 e. The van der Waals surface area contributed by atoms with E-state index < -0.39 is 0 Å². The molecule has 1 aromatic rings. The number of carbonyl (C=O) groups excluding carboxylic acids is 2. The van der Waals surface area contributed by atoms with Crippen LogP contribution in [0.5, 0.6) is 0 Å². The number of rotatable bonds is 6. The summed E-state index contributed by atoms with van der Waals surface area (Å²) in [4.78, 5) is 25.3. The number of likely N-dealkylation sites (tertiary alicyclic amines) is 1. The van der Waals surface area contributed by atoms with E-state index in [-0.39, 0.29) is 17.9 Å². The van der Waals surface area contributed by atoms with Crippen LogP contribution in [0.25, 0.3) is 0 Å². The lowest BCUT2D eigenvalue weighted by Crippen LogP contribution is -2.39. The molecule has 1 unspecified atom stereocenters. The number of carbonyl (C=O) groups is 2. The lowest BCUT2D eigenvalue weighted by Gasteiger charge is -2.22. The van der Waals surface area contributed by atoms with Gasteiger partial charge in [-0.25, -0.2) is 0 Å². The SMILES string of the molecule is C/C=C/C=C/C(=O)Nc1cccc(CN2CCCC2C(N)=O)c1. The van der Waals surface area contributed by atoms with Crippen LogP contribution in [0.2, 0.25) is 0 Å². The molecule has 5 heteroatoms. The van der Waals surface area contributed by atoms with Crippen LogP contribution < -0.4 is 11.1 Å². The standard InChI is InChI=1S/C18H23N3O2/c1-2-3-4-10-17(22)20-15-8-5-7-14(12-15)13-21-11-6-9-16(21)18(19)23/h2-5,7-8,10,12,16H,6,9,11,13H2,1H3,(H2,19,23)(H,20,22)/b3-2+,10-4+. The second-order valence-corrected chi connectivity index (χ2v) is 5.61. The Morgan fingerprint density at radius 3 is 2.96 bits per heavy atom. The monoisotopic (exact) mass is 313 g/mol. The minimum Gasteiger partial charge on any atom is -0.368 e. The zero-order valence-corrected chi connectivity index (χ0v) is 13.4. The molecular formula is C18H23N3O2. The van der Waals surface area contributed by atoms with Gasteiger partial charge in [-0.2, -0.15) is 0 Å². The minimum atomic E-state index is -0.263. The molecule has 1 saturated heterocycles. The van der Waals surface area contributed by atoms with Gasteiger partial charge in [0.2, 0.25) is 11.8 Å². The largest absolute Gasteiger partial charge is 0.368 e. The quantitative estimate of drug-likeness (QED) is 0.624. The fourth-order valence-corrected chi connectivity index (χ4v) is 2.76. The Labute approximate surface area is 136 Å². The van der Waals surface area contributed by atoms with Crippen molar-refractivity contribution in [3.05, 3.63) is 54.1 Å². The molecule has 0 spiro atoms. The smallest absolute Gasteiger partial charge is 0.248 e. The first kappa shape index (κ1) is 17.0. The van der Waals surface area contributed by atoms with Crippen molar-refractivity contribution in [1.29, 1.82) is 0 Å². The van der Waals surface area contributed by atoms with Crippen LogP contribution in [0.15, 0.2) is 48.6 Å². The second kappa shape index (κ2) is 8.29. The van der Waals surface area contributed by atoms with Crippen LogP contribution in [0.1, 0.15) is 25.3 Å². The topological polar surface area (TPSA) is 75.4 Å². The Morgan fingerprint density at radius 2 is 2.22 bits per heavy atom. The van der Waals surface area contributed by atoms with Crippen LogP contribution >= 0.6 is 0 Å². The van der Waals surface area contributed by atoms with Gasteiger partial charge in [0.25, 0.3) is 0 Å². The van der Waals surface area contributed by atoms with E-state index in [4.69, 9.17) is 5.73 Å². The molecule has 0 aliphatic carbocycles. The summed E-state index contributed by atoms with van der Waals surface area (Å²) in [6.07, 6.45) is 8.64. The predicted molar refractivity (Wildman–Crippen MR) is 91.7 cm³/mol. The van der Waals surface area contributed by atoms with Gasteiger partial charge in [-0.1, -0.05) is 30.4 Å². The van der Waals surface area contributed by atoms with Gasteiger partial charge >= 0.3 is 0 Å². The molecule has 0 aromatic heterocycles. The number of hydrogen-bond donors (Lipinski definition) is 2. The van der Waals surface area contributed by atoms with Gasteiger partial charge in [0.1, 0.15) is 0 Å². The van der Waals surface area contributed by atoms with Crippen molar-refractivity contribution in [2.75, 3.05) is 11.9 Å². The number of nitrogens with two attached hydrogens (primary N) is 1. The summed E-state index contributed by atoms with van der Waals surface area (Å²) in [5.74, 6) is -0.433. The molecule has 1 heterocycles. The maximum atomic E-state index is 11.8. The third kappa shape index (κ3) is 5.07. The van der Waals surface area contributed by atoms with Crippen LogP contribution in [0, 0.1) is 0 Å². The summed E-state index contributed by atoms with van der Waals surface area (Å²) in [6, 6.07) is 7.48. The molecule has 1 atom stereocenters. The van der Waals surface area contributed by atoms with Gasteiger partial charge in [0, 0.05) is 18.3 Å². The average molecular weight is 313 g/mol. The molecule has 1 aromatic carbocycles. The molecule has 0 bridgehead atoms. The summed E-state index contributed by atoms with van der Waals surface area (Å²) in [5.41, 5.74) is 7.24. The maximum absolute atomic E-state index is 11.8. The van der Waals surface area contributed by atoms with Gasteiger partial charge in [0.15, 0.2) is 0 Å². The highest BCUT2D eigenvalue weighted by molar-refractivity contribution is 5.99. The molecule has 0 saturated carbocycles. The highest BCUT2D eigenvalue weighted by atomic mass is 16.2. The number of anilines is 1. The summed E-state index contributed by atoms with van der Waals surface area (Å²) in [5, 5.41) is 2.83. The molecule has 2 amide bonds. The molecule has 1 aliphatic heterocycles. The predicted octanol–water partition coefficient (Wildman–Crippen LogP) is 2.21. The molecular weight excluding hydrogens is 290 g/mol. The van der Waals surface area contributed by atoms with Gasteiger partial charge in [0.05, 0.1) is 6.04 Å². The van der Waals surface area contributed by atoms with Crippen molar-refractivity contribution < 1.29 is 9.59 Å². The lowest BCUT2D eigenvalue weighted by molar-refractivity contribution is -0.122. The van der Waals surface area contributed by atoms with Crippen LogP contribution in [0.3, 0.4) is 0 Å². The fraction of sp³-hybridized carbons (Fsp3) is 0.333. The summed E-state index contributed by atoms with van der Waals surface area (Å²) in [7, 11) is 0. The van der Waals surface area contributed by atoms with Crippen molar-refractivity contribution in [3.63, 3.8) is 0 Å². The average Bonchev–Trinajstić information content (AvgIpc) is 2.96. The van der Waals surface area contributed by atoms with Gasteiger partial charge in [-0.15, -0.1) is 0 Å². The van der Waals surface area contributed by atoms with Crippen molar-refractivity contribution in [1.82, 2.24) is 4.90 Å². The first-order valence-corrected chi connectivity index (χ1v) is 7.83. The van der Waals surface area contributed by atoms with E-state index in [2.05, 4.69) is 10.2 Å². The molecule has 5 nitrogen and oxygen atoms in total. The number of nitrogens with zero attached hydrogens (tertiary/aromatic N) is 1. The van der Waals surface area contributed by atoms with E-state index in [1.54, 1.807) is 12.2 Å². The van der Waals surface area contributed by atoms with Crippen molar-refractivity contribution in [2.45, 2.75) is 32.4 Å². The molecule has 2 rings (SSSR count). The number of benzene rings is 1. The molecule has 3 N–H and O–H groups in total. The van der Waals surface area contributed by atoms with Crippen LogP contribution in [-0.2, 0) is 16.1 Å². The normalized spacial score (nSPS) is 18.7. The Morgan fingerprint density at radius 1 is 1.39 bits per heavy atom. The van der Waals surface area contributed by atoms with Crippen LogP contribution in [0.4, 0.5) is 5.69 Å². The Balaban J connectivity index is 1.99. The van der Waals surface area contributed by atoms with Gasteiger partial charge in [-0.3, -0.25) is 14.5 Å². The molecule has 1 fully saturated rings. The number of nitrogens with one attached hydrogen (secondary N) is 1. The van der Waals surface area contributed by atoms with E-state index in [9.17, 15) is 9.59 Å². The van der Waals surface area contributed by atoms with Gasteiger partial charge < -0.3 is 11.1 Å². The summed E-state index contributed by atoms with van der Waals surface area (Å²) in [6.45, 7) is 3.42. The molecule has 0 radical (unpaired) electrons.